The molecule has 1 aliphatic carbocycles. The summed E-state index contributed by atoms with van der Waals surface area (Å²) >= 11 is 0. The molecule has 8 heteroatoms. The third-order valence-electron chi connectivity index (χ3n) is 6.18. The van der Waals surface area contributed by atoms with Crippen LogP contribution in [0.25, 0.3) is 11.0 Å². The van der Waals surface area contributed by atoms with Gasteiger partial charge in [0, 0.05) is 0 Å². The maximum absolute atomic E-state index is 13.1. The first kappa shape index (κ1) is 23.7. The van der Waals surface area contributed by atoms with Crippen LogP contribution in [0, 0.1) is 13.8 Å². The van der Waals surface area contributed by atoms with Crippen molar-refractivity contribution in [2.24, 2.45) is 5.10 Å². The predicted octanol–water partition coefficient (Wildman–Crippen LogP) is 5.25. The summed E-state index contributed by atoms with van der Waals surface area (Å²) in [7, 11) is -3.88. The minimum atomic E-state index is -3.88. The Labute approximate surface area is 210 Å². The molecule has 1 atom stereocenters. The highest BCUT2D eigenvalue weighted by Crippen LogP contribution is 2.29. The van der Waals surface area contributed by atoms with E-state index in [1.807, 2.05) is 73.1 Å². The molecule has 1 aromatic heterocycles. The van der Waals surface area contributed by atoms with Crippen molar-refractivity contribution in [3.63, 3.8) is 0 Å². The number of aromatic nitrogens is 3. The molecule has 5 rings (SSSR count). The van der Waals surface area contributed by atoms with Crippen LogP contribution in [0.5, 0.6) is 0 Å². The van der Waals surface area contributed by atoms with Crippen molar-refractivity contribution < 1.29 is 8.42 Å². The second-order valence-electron chi connectivity index (χ2n) is 8.88. The van der Waals surface area contributed by atoms with E-state index in [4.69, 9.17) is 0 Å². The standard InChI is InChI=1S/C28H27N5O2S/c1-20-12-16-23(17-13-20)28(33-26-11-7-6-10-25(26)29-31-33)27(22-8-4-3-5-9-22)30-32-36(34,35)24-18-14-21(2)15-19-24/h4,6-19,28,32H,3,5H2,1-2H3/b30-27+. The highest BCUT2D eigenvalue weighted by molar-refractivity contribution is 7.89. The summed E-state index contributed by atoms with van der Waals surface area (Å²) in [6.07, 6.45) is 7.91. The molecule has 0 saturated carbocycles. The number of rotatable bonds is 7. The van der Waals surface area contributed by atoms with Crippen molar-refractivity contribution in [3.05, 3.63) is 113 Å². The Morgan fingerprint density at radius 2 is 1.64 bits per heavy atom. The van der Waals surface area contributed by atoms with Gasteiger partial charge in [-0.1, -0.05) is 83.1 Å². The molecular formula is C28H27N5O2S. The fourth-order valence-electron chi connectivity index (χ4n) is 4.21. The first-order valence-corrected chi connectivity index (χ1v) is 13.3. The molecule has 0 aliphatic heterocycles. The first-order valence-electron chi connectivity index (χ1n) is 11.8. The third kappa shape index (κ3) is 4.85. The summed E-state index contributed by atoms with van der Waals surface area (Å²) in [4.78, 5) is 2.64. The summed E-state index contributed by atoms with van der Waals surface area (Å²) in [5.41, 5.74) is 5.99. The number of nitrogens with one attached hydrogen (secondary N) is 1. The Bertz CT molecular complexity index is 1580. The van der Waals surface area contributed by atoms with Crippen LogP contribution in [0.1, 0.15) is 35.6 Å². The van der Waals surface area contributed by atoms with Crippen LogP contribution in [-0.4, -0.2) is 29.1 Å². The molecule has 182 valence electrons. The van der Waals surface area contributed by atoms with Crippen molar-refractivity contribution in [1.29, 1.82) is 0 Å². The van der Waals surface area contributed by atoms with E-state index in [1.165, 1.54) is 0 Å². The van der Waals surface area contributed by atoms with Crippen molar-refractivity contribution in [3.8, 4) is 0 Å². The van der Waals surface area contributed by atoms with Crippen LogP contribution >= 0.6 is 0 Å². The van der Waals surface area contributed by atoms with Gasteiger partial charge in [0.25, 0.3) is 10.0 Å². The molecule has 3 aromatic carbocycles. The quantitative estimate of drug-likeness (QED) is 0.279. The molecule has 4 aromatic rings. The number of benzene rings is 3. The Morgan fingerprint density at radius 1 is 0.944 bits per heavy atom. The number of hydrazone groups is 1. The highest BCUT2D eigenvalue weighted by Gasteiger charge is 2.27. The fraction of sp³-hybridized carbons (Fsp3) is 0.179. The molecular weight excluding hydrogens is 470 g/mol. The van der Waals surface area contributed by atoms with E-state index < -0.39 is 16.1 Å². The predicted molar refractivity (Wildman–Crippen MR) is 142 cm³/mol. The Hall–Kier alpha value is -4.04. The maximum atomic E-state index is 13.1. The second-order valence-corrected chi connectivity index (χ2v) is 10.5. The number of sulfonamides is 1. The van der Waals surface area contributed by atoms with Gasteiger partial charge in [-0.25, -0.2) is 4.68 Å². The lowest BCUT2D eigenvalue weighted by Crippen LogP contribution is -2.28. The highest BCUT2D eigenvalue weighted by atomic mass is 32.2. The smallest absolute Gasteiger partial charge is 0.231 e. The number of allylic oxidation sites excluding steroid dienone is 4. The topological polar surface area (TPSA) is 89.2 Å². The molecule has 0 saturated heterocycles. The van der Waals surface area contributed by atoms with Gasteiger partial charge < -0.3 is 0 Å². The van der Waals surface area contributed by atoms with Crippen molar-refractivity contribution in [1.82, 2.24) is 19.8 Å². The van der Waals surface area contributed by atoms with Crippen LogP contribution in [0.4, 0.5) is 0 Å². The summed E-state index contributed by atoms with van der Waals surface area (Å²) in [6.45, 7) is 3.94. The van der Waals surface area contributed by atoms with Crippen LogP contribution < -0.4 is 4.83 Å². The zero-order valence-corrected chi connectivity index (χ0v) is 21.0. The minimum Gasteiger partial charge on any atom is -0.231 e. The number of hydrogen-bond donors (Lipinski definition) is 1. The van der Waals surface area contributed by atoms with Crippen LogP contribution in [-0.2, 0) is 10.0 Å². The van der Waals surface area contributed by atoms with E-state index in [1.54, 1.807) is 24.3 Å². The van der Waals surface area contributed by atoms with E-state index in [0.717, 1.165) is 46.1 Å². The van der Waals surface area contributed by atoms with Gasteiger partial charge in [0.2, 0.25) is 0 Å². The number of aryl methyl sites for hydroxylation is 2. The van der Waals surface area contributed by atoms with Gasteiger partial charge in [0.15, 0.2) is 0 Å². The number of hydrogen-bond acceptors (Lipinski definition) is 5. The minimum absolute atomic E-state index is 0.155. The maximum Gasteiger partial charge on any atom is 0.276 e. The lowest BCUT2D eigenvalue weighted by atomic mass is 9.92. The van der Waals surface area contributed by atoms with Gasteiger partial charge in [-0.05, 0) is 62.1 Å². The van der Waals surface area contributed by atoms with Crippen molar-refractivity contribution in [2.75, 3.05) is 0 Å². The van der Waals surface area contributed by atoms with E-state index >= 15 is 0 Å². The molecule has 1 aliphatic rings. The van der Waals surface area contributed by atoms with E-state index in [0.29, 0.717) is 5.71 Å². The Balaban J connectivity index is 1.67. The van der Waals surface area contributed by atoms with Gasteiger partial charge in [0.1, 0.15) is 11.6 Å². The van der Waals surface area contributed by atoms with Crippen molar-refractivity contribution in [2.45, 2.75) is 37.6 Å². The van der Waals surface area contributed by atoms with E-state index in [-0.39, 0.29) is 4.90 Å². The normalized spacial score (nSPS) is 15.1. The zero-order valence-electron chi connectivity index (χ0n) is 20.2. The number of fused-ring (bicyclic) bond motifs is 1. The molecule has 0 bridgehead atoms. The average molecular weight is 498 g/mol. The van der Waals surface area contributed by atoms with Gasteiger partial charge in [-0.15, -0.1) is 5.10 Å². The third-order valence-corrected chi connectivity index (χ3v) is 7.41. The van der Waals surface area contributed by atoms with Crippen LogP contribution in [0.3, 0.4) is 0 Å². The Kier molecular flexibility index (Phi) is 6.52. The van der Waals surface area contributed by atoms with Gasteiger partial charge >= 0.3 is 0 Å². The summed E-state index contributed by atoms with van der Waals surface area (Å²) < 4.78 is 28.1. The average Bonchev–Trinajstić information content (AvgIpc) is 3.32. The number of nitrogens with zero attached hydrogens (tertiary/aromatic N) is 4. The van der Waals surface area contributed by atoms with E-state index in [2.05, 4.69) is 32.4 Å². The summed E-state index contributed by atoms with van der Waals surface area (Å²) in [5.74, 6) is 0. The molecule has 0 radical (unpaired) electrons. The SMILES string of the molecule is Cc1ccc(C(/C(=N/NS(=O)(=O)c2ccc(C)cc2)C2=CCCC=C2)n2nnc3ccccc32)cc1. The van der Waals surface area contributed by atoms with Crippen LogP contribution in [0.2, 0.25) is 0 Å². The molecule has 0 fully saturated rings. The monoisotopic (exact) mass is 497 g/mol. The molecule has 0 spiro atoms. The van der Waals surface area contributed by atoms with Crippen molar-refractivity contribution >= 4 is 26.8 Å². The molecule has 1 heterocycles. The van der Waals surface area contributed by atoms with Crippen LogP contribution in [0.15, 0.2) is 107 Å². The lowest BCUT2D eigenvalue weighted by molar-refractivity contribution is 0.582. The van der Waals surface area contributed by atoms with Gasteiger partial charge in [-0.3, -0.25) is 0 Å². The summed E-state index contributed by atoms with van der Waals surface area (Å²) in [6, 6.07) is 22.0. The first-order chi connectivity index (χ1) is 17.4. The van der Waals surface area contributed by atoms with Gasteiger partial charge in [0.05, 0.1) is 16.1 Å². The molecule has 1 unspecified atom stereocenters. The lowest BCUT2D eigenvalue weighted by Gasteiger charge is -2.23. The fourth-order valence-corrected chi connectivity index (χ4v) is 5.03. The summed E-state index contributed by atoms with van der Waals surface area (Å²) in [5, 5.41) is 13.4. The largest absolute Gasteiger partial charge is 0.276 e. The molecule has 1 N–H and O–H groups in total. The molecule has 36 heavy (non-hydrogen) atoms. The number of para-hydroxylation sites is 1. The second kappa shape index (κ2) is 9.91. The van der Waals surface area contributed by atoms with E-state index in [9.17, 15) is 8.42 Å². The van der Waals surface area contributed by atoms with Gasteiger partial charge in [-0.2, -0.15) is 18.4 Å². The zero-order chi connectivity index (χ0) is 25.1. The molecule has 0 amide bonds. The molecule has 7 nitrogen and oxygen atoms in total. The Morgan fingerprint density at radius 3 is 2.33 bits per heavy atom.